The summed E-state index contributed by atoms with van der Waals surface area (Å²) in [7, 11) is -4.07. The molecule has 0 radical (unpaired) electrons. The van der Waals surface area contributed by atoms with Gasteiger partial charge in [0.1, 0.15) is 17.2 Å². The van der Waals surface area contributed by atoms with Gasteiger partial charge in [-0.15, -0.1) is 0 Å². The van der Waals surface area contributed by atoms with Crippen LogP contribution >= 0.6 is 0 Å². The van der Waals surface area contributed by atoms with Gasteiger partial charge >= 0.3 is 11.5 Å². The van der Waals surface area contributed by atoms with E-state index in [0.29, 0.717) is 23.3 Å². The summed E-state index contributed by atoms with van der Waals surface area (Å²) in [5, 5.41) is 7.18. The molecule has 0 atom stereocenters. The van der Waals surface area contributed by atoms with E-state index in [-0.39, 0.29) is 17.3 Å². The summed E-state index contributed by atoms with van der Waals surface area (Å²) in [4.78, 5) is 26.8. The van der Waals surface area contributed by atoms with Crippen LogP contribution in [0.15, 0.2) is 71.8 Å². The Hall–Kier alpha value is -4.13. The van der Waals surface area contributed by atoms with Crippen molar-refractivity contribution in [3.63, 3.8) is 0 Å². The molecule has 9 nitrogen and oxygen atoms in total. The molecule has 3 N–H and O–H groups in total. The molecular weight excluding hydrogens is 477 g/mol. The number of carbonyl (C=O) groups is 2. The van der Waals surface area contributed by atoms with E-state index >= 15 is 0 Å². The number of halogens is 3. The lowest BCUT2D eigenvalue weighted by Crippen LogP contribution is -2.24. The van der Waals surface area contributed by atoms with E-state index in [1.54, 1.807) is 6.07 Å². The monoisotopic (exact) mass is 494 g/mol. The summed E-state index contributed by atoms with van der Waals surface area (Å²) in [5.41, 5.74) is -5.11. The zero-order valence-electron chi connectivity index (χ0n) is 17.4. The van der Waals surface area contributed by atoms with E-state index in [2.05, 4.69) is 20.9 Å². The normalized spacial score (nSPS) is 11.4. The molecular formula is C21H17F3N4O5S. The second-order valence-corrected chi connectivity index (χ2v) is 8.58. The molecule has 0 fully saturated rings. The average Bonchev–Trinajstić information content (AvgIpc) is 2.79. The lowest BCUT2D eigenvalue weighted by atomic mass is 10.3. The number of anilines is 2. The van der Waals surface area contributed by atoms with Gasteiger partial charge in [0.05, 0.1) is 4.90 Å². The third-order valence-corrected chi connectivity index (χ3v) is 5.73. The van der Waals surface area contributed by atoms with Crippen molar-refractivity contribution in [1.82, 2.24) is 10.3 Å². The van der Waals surface area contributed by atoms with Gasteiger partial charge in [-0.3, -0.25) is 9.78 Å². The van der Waals surface area contributed by atoms with Crippen LogP contribution in [0, 0.1) is 0 Å². The molecule has 178 valence electrons. The topological polar surface area (TPSA) is 126 Å². The highest BCUT2D eigenvalue weighted by Gasteiger charge is 2.46. The largest absolute Gasteiger partial charge is 0.501 e. The van der Waals surface area contributed by atoms with Crippen molar-refractivity contribution in [2.45, 2.75) is 10.4 Å². The number of benzene rings is 2. The molecule has 13 heteroatoms. The lowest BCUT2D eigenvalue weighted by molar-refractivity contribution is -0.0436. The molecule has 0 aliphatic rings. The van der Waals surface area contributed by atoms with Crippen LogP contribution in [-0.2, 0) is 9.84 Å². The standard InChI is InChI=1S/C21H17F3N4O5S/c1-25-19(29)18-12-16(9-10-26-18)33-15-7-5-13(6-8-15)27-20(30)28-14-3-2-4-17(11-14)34(31,32)21(22,23)24/h2-12H,1H3,(H,25,29)(H2,27,28,30). The van der Waals surface area contributed by atoms with Gasteiger partial charge in [-0.2, -0.15) is 13.2 Å². The SMILES string of the molecule is CNC(=O)c1cc(Oc2ccc(NC(=O)Nc3cccc(S(=O)(=O)C(F)(F)F)c3)cc2)ccn1. The van der Waals surface area contributed by atoms with Crippen LogP contribution in [0.4, 0.5) is 29.3 Å². The van der Waals surface area contributed by atoms with Crippen LogP contribution in [0.2, 0.25) is 0 Å². The minimum atomic E-state index is -5.55. The van der Waals surface area contributed by atoms with E-state index in [4.69, 9.17) is 4.74 Å². The molecule has 0 bridgehead atoms. The highest BCUT2D eigenvalue weighted by atomic mass is 32.2. The summed E-state index contributed by atoms with van der Waals surface area (Å²) < 4.78 is 66.9. The van der Waals surface area contributed by atoms with Gasteiger partial charge in [-0.1, -0.05) is 6.07 Å². The molecule has 2 aromatic carbocycles. The summed E-state index contributed by atoms with van der Waals surface area (Å²) >= 11 is 0. The van der Waals surface area contributed by atoms with Gasteiger partial charge < -0.3 is 20.7 Å². The fourth-order valence-electron chi connectivity index (χ4n) is 2.64. The third-order valence-electron chi connectivity index (χ3n) is 4.25. The van der Waals surface area contributed by atoms with Crippen LogP contribution in [0.1, 0.15) is 10.5 Å². The number of pyridine rings is 1. The molecule has 34 heavy (non-hydrogen) atoms. The predicted molar refractivity (Wildman–Crippen MR) is 116 cm³/mol. The Kier molecular flexibility index (Phi) is 7.05. The maximum Gasteiger partial charge on any atom is 0.501 e. The minimum absolute atomic E-state index is 0.146. The third kappa shape index (κ3) is 5.81. The van der Waals surface area contributed by atoms with E-state index in [1.807, 2.05) is 0 Å². The minimum Gasteiger partial charge on any atom is -0.457 e. The molecule has 3 aromatic rings. The van der Waals surface area contributed by atoms with E-state index in [1.165, 1.54) is 49.6 Å². The Bertz CT molecular complexity index is 1310. The number of hydrogen-bond acceptors (Lipinski definition) is 6. The number of amides is 3. The van der Waals surface area contributed by atoms with Crippen LogP contribution in [0.5, 0.6) is 11.5 Å². The quantitative estimate of drug-likeness (QED) is 0.472. The number of nitrogens with zero attached hydrogens (tertiary/aromatic N) is 1. The van der Waals surface area contributed by atoms with Crippen LogP contribution in [0.25, 0.3) is 0 Å². The highest BCUT2D eigenvalue weighted by molar-refractivity contribution is 7.92. The van der Waals surface area contributed by atoms with Crippen molar-refractivity contribution in [2.24, 2.45) is 0 Å². The van der Waals surface area contributed by atoms with Gasteiger partial charge in [0.2, 0.25) is 0 Å². The second-order valence-electron chi connectivity index (χ2n) is 6.64. The maximum absolute atomic E-state index is 12.7. The number of alkyl halides is 3. The van der Waals surface area contributed by atoms with Crippen LogP contribution in [-0.4, -0.2) is 37.9 Å². The van der Waals surface area contributed by atoms with Crippen molar-refractivity contribution in [3.8, 4) is 11.5 Å². The Labute approximate surface area is 191 Å². The van der Waals surface area contributed by atoms with Gasteiger partial charge in [0, 0.05) is 30.7 Å². The van der Waals surface area contributed by atoms with E-state index in [9.17, 15) is 31.2 Å². The van der Waals surface area contributed by atoms with Crippen molar-refractivity contribution < 1.29 is 35.9 Å². The zero-order valence-corrected chi connectivity index (χ0v) is 18.2. The molecule has 0 aliphatic heterocycles. The number of aromatic nitrogens is 1. The number of nitrogens with one attached hydrogen (secondary N) is 3. The van der Waals surface area contributed by atoms with Crippen LogP contribution < -0.4 is 20.7 Å². The van der Waals surface area contributed by atoms with Crippen LogP contribution in [0.3, 0.4) is 0 Å². The molecule has 0 saturated heterocycles. The summed E-state index contributed by atoms with van der Waals surface area (Å²) in [6, 6.07) is 12.1. The average molecular weight is 494 g/mol. The van der Waals surface area contributed by atoms with Crippen molar-refractivity contribution in [2.75, 3.05) is 17.7 Å². The maximum atomic E-state index is 12.7. The number of urea groups is 1. The van der Waals surface area contributed by atoms with Crippen molar-refractivity contribution in [3.05, 3.63) is 72.6 Å². The summed E-state index contributed by atoms with van der Waals surface area (Å²) in [6.07, 6.45) is 1.41. The fraction of sp³-hybridized carbons (Fsp3) is 0.0952. The zero-order chi connectivity index (χ0) is 24.9. The van der Waals surface area contributed by atoms with Gasteiger partial charge in [0.15, 0.2) is 0 Å². The first kappa shape index (κ1) is 24.5. The molecule has 0 unspecified atom stereocenters. The number of sulfone groups is 1. The number of ether oxygens (including phenoxy) is 1. The Balaban J connectivity index is 1.64. The predicted octanol–water partition coefficient (Wildman–Crippen LogP) is 4.17. The number of carbonyl (C=O) groups excluding carboxylic acids is 2. The number of hydrogen-bond donors (Lipinski definition) is 3. The first-order chi connectivity index (χ1) is 16.0. The second kappa shape index (κ2) is 9.79. The Morgan fingerprint density at radius 1 is 0.912 bits per heavy atom. The first-order valence-corrected chi connectivity index (χ1v) is 10.9. The smallest absolute Gasteiger partial charge is 0.457 e. The Morgan fingerprint density at radius 2 is 1.59 bits per heavy atom. The molecule has 0 saturated carbocycles. The summed E-state index contributed by atoms with van der Waals surface area (Å²) in [6.45, 7) is 0. The van der Waals surface area contributed by atoms with Crippen molar-refractivity contribution in [1.29, 1.82) is 0 Å². The number of rotatable bonds is 6. The van der Waals surface area contributed by atoms with E-state index in [0.717, 1.165) is 12.1 Å². The highest BCUT2D eigenvalue weighted by Crippen LogP contribution is 2.31. The molecule has 1 aromatic heterocycles. The Morgan fingerprint density at radius 3 is 2.24 bits per heavy atom. The lowest BCUT2D eigenvalue weighted by Gasteiger charge is -2.11. The van der Waals surface area contributed by atoms with Gasteiger partial charge in [0.25, 0.3) is 15.7 Å². The van der Waals surface area contributed by atoms with E-state index < -0.39 is 26.3 Å². The molecule has 3 rings (SSSR count). The van der Waals surface area contributed by atoms with Crippen molar-refractivity contribution >= 4 is 33.2 Å². The van der Waals surface area contributed by atoms with Gasteiger partial charge in [-0.05, 0) is 48.5 Å². The van der Waals surface area contributed by atoms with Gasteiger partial charge in [-0.25, -0.2) is 13.2 Å². The molecule has 3 amide bonds. The molecule has 0 spiro atoms. The fourth-order valence-corrected chi connectivity index (χ4v) is 3.44. The first-order valence-electron chi connectivity index (χ1n) is 9.45. The molecule has 0 aliphatic carbocycles. The summed E-state index contributed by atoms with van der Waals surface area (Å²) in [5.74, 6) is 0.378. The molecule has 1 heterocycles.